The maximum Gasteiger partial charge on any atom is 0.214 e. The van der Waals surface area contributed by atoms with E-state index in [-0.39, 0.29) is 11.2 Å². The van der Waals surface area contributed by atoms with Gasteiger partial charge in [-0.3, -0.25) is 4.90 Å². The van der Waals surface area contributed by atoms with Crippen LogP contribution in [0.15, 0.2) is 0 Å². The Morgan fingerprint density at radius 1 is 1.22 bits per heavy atom. The van der Waals surface area contributed by atoms with Gasteiger partial charge >= 0.3 is 0 Å². The quantitative estimate of drug-likeness (QED) is 0.754. The van der Waals surface area contributed by atoms with Crippen LogP contribution in [-0.4, -0.2) is 61.1 Å². The van der Waals surface area contributed by atoms with E-state index in [4.69, 9.17) is 18.0 Å². The molecule has 2 N–H and O–H groups in total. The number of hydrogen-bond donors (Lipinski definition) is 1. The lowest BCUT2D eigenvalue weighted by atomic mass is 10.0. The highest BCUT2D eigenvalue weighted by Crippen LogP contribution is 2.19. The van der Waals surface area contributed by atoms with Crippen LogP contribution in [0.3, 0.4) is 0 Å². The van der Waals surface area contributed by atoms with Gasteiger partial charge in [-0.15, -0.1) is 0 Å². The Bertz CT molecular complexity index is 393. The van der Waals surface area contributed by atoms with Crippen LogP contribution in [0.4, 0.5) is 0 Å². The summed E-state index contributed by atoms with van der Waals surface area (Å²) < 4.78 is 26.0. The van der Waals surface area contributed by atoms with E-state index in [0.717, 1.165) is 0 Å². The number of rotatable bonds is 4. The van der Waals surface area contributed by atoms with E-state index in [1.165, 1.54) is 0 Å². The number of nitrogens with two attached hydrogens (primary N) is 1. The molecule has 1 aliphatic rings. The predicted molar refractivity (Wildman–Crippen MR) is 78.0 cm³/mol. The van der Waals surface area contributed by atoms with Gasteiger partial charge in [0.2, 0.25) is 10.0 Å². The molecule has 5 nitrogen and oxygen atoms in total. The van der Waals surface area contributed by atoms with E-state index in [9.17, 15) is 8.42 Å². The third kappa shape index (κ3) is 5.17. The Kier molecular flexibility index (Phi) is 5.11. The van der Waals surface area contributed by atoms with Crippen molar-refractivity contribution in [3.63, 3.8) is 0 Å². The molecule has 1 saturated heterocycles. The summed E-state index contributed by atoms with van der Waals surface area (Å²) >= 11 is 4.86. The molecule has 0 aliphatic carbocycles. The summed E-state index contributed by atoms with van der Waals surface area (Å²) in [5.41, 5.74) is 5.27. The first kappa shape index (κ1) is 15.8. The normalized spacial score (nSPS) is 19.9. The van der Waals surface area contributed by atoms with Crippen LogP contribution in [0, 0.1) is 5.41 Å². The summed E-state index contributed by atoms with van der Waals surface area (Å²) in [6.45, 7) is 8.83. The highest BCUT2D eigenvalue weighted by Gasteiger charge is 2.30. The molecule has 1 heterocycles. The first-order valence-electron chi connectivity index (χ1n) is 6.09. The van der Waals surface area contributed by atoms with Crippen molar-refractivity contribution in [2.45, 2.75) is 20.8 Å². The third-order valence-electron chi connectivity index (χ3n) is 2.72. The summed E-state index contributed by atoms with van der Waals surface area (Å²) in [5.74, 6) is 0.190. The molecule has 7 heteroatoms. The molecule has 1 fully saturated rings. The summed E-state index contributed by atoms with van der Waals surface area (Å²) in [4.78, 5) is 2.55. The van der Waals surface area contributed by atoms with E-state index in [2.05, 4.69) is 4.90 Å². The van der Waals surface area contributed by atoms with Crippen molar-refractivity contribution in [1.29, 1.82) is 0 Å². The lowest BCUT2D eigenvalue weighted by Crippen LogP contribution is -2.51. The van der Waals surface area contributed by atoms with Gasteiger partial charge in [-0.25, -0.2) is 8.42 Å². The summed E-state index contributed by atoms with van der Waals surface area (Å²) in [6, 6.07) is 0. The van der Waals surface area contributed by atoms with Gasteiger partial charge in [-0.1, -0.05) is 33.0 Å². The van der Waals surface area contributed by atoms with E-state index >= 15 is 0 Å². The third-order valence-corrected chi connectivity index (χ3v) is 5.23. The Balaban J connectivity index is 2.55. The molecule has 0 aromatic rings. The first-order valence-corrected chi connectivity index (χ1v) is 8.10. The molecule has 0 bridgehead atoms. The fraction of sp³-hybridized carbons (Fsp3) is 0.909. The molecule has 1 rings (SSSR count). The smallest absolute Gasteiger partial charge is 0.214 e. The Labute approximate surface area is 115 Å². The second-order valence-corrected chi connectivity index (χ2v) is 8.45. The van der Waals surface area contributed by atoms with Crippen molar-refractivity contribution in [2.24, 2.45) is 11.1 Å². The van der Waals surface area contributed by atoms with Crippen molar-refractivity contribution >= 4 is 27.2 Å². The van der Waals surface area contributed by atoms with E-state index in [1.807, 2.05) is 20.8 Å². The van der Waals surface area contributed by atoms with Crippen molar-refractivity contribution in [2.75, 3.05) is 38.5 Å². The molecule has 0 amide bonds. The number of sulfonamides is 1. The lowest BCUT2D eigenvalue weighted by Gasteiger charge is -2.35. The van der Waals surface area contributed by atoms with E-state index < -0.39 is 10.0 Å². The van der Waals surface area contributed by atoms with Crippen LogP contribution in [0.5, 0.6) is 0 Å². The predicted octanol–water partition coefficient (Wildman–Crippen LogP) is 0.266. The van der Waals surface area contributed by atoms with Gasteiger partial charge in [0, 0.05) is 32.7 Å². The molecule has 106 valence electrons. The molecule has 1 aliphatic heterocycles. The number of thiocarbonyl (C=S) groups is 1. The van der Waals surface area contributed by atoms with Gasteiger partial charge in [-0.2, -0.15) is 4.31 Å². The number of nitrogens with zero attached hydrogens (tertiary/aromatic N) is 2. The van der Waals surface area contributed by atoms with Gasteiger partial charge in [0.05, 0.1) is 10.7 Å². The van der Waals surface area contributed by atoms with E-state index in [0.29, 0.717) is 37.7 Å². The summed E-state index contributed by atoms with van der Waals surface area (Å²) in [7, 11) is -3.15. The fourth-order valence-electron chi connectivity index (χ4n) is 2.02. The minimum Gasteiger partial charge on any atom is -0.392 e. The highest BCUT2D eigenvalue weighted by molar-refractivity contribution is 7.89. The maximum atomic E-state index is 12.2. The molecule has 0 aromatic carbocycles. The topological polar surface area (TPSA) is 66.6 Å². The van der Waals surface area contributed by atoms with Crippen LogP contribution in [0.1, 0.15) is 20.8 Å². The summed E-state index contributed by atoms with van der Waals surface area (Å²) in [6.07, 6.45) is 0. The molecule has 0 atom stereocenters. The standard InChI is InChI=1S/C11H23N3O2S2/c1-11(2,3)9-18(15,16)14-6-4-13(5-7-14)8-10(12)17/h4-9H2,1-3H3,(H2,12,17). The van der Waals surface area contributed by atoms with Crippen LogP contribution in [0.25, 0.3) is 0 Å². The van der Waals surface area contributed by atoms with Crippen LogP contribution < -0.4 is 5.73 Å². The maximum absolute atomic E-state index is 12.2. The molecular weight excluding hydrogens is 270 g/mol. The van der Waals surface area contributed by atoms with Crippen LogP contribution in [0.2, 0.25) is 0 Å². The fourth-order valence-corrected chi connectivity index (χ4v) is 4.20. The van der Waals surface area contributed by atoms with Gasteiger partial charge in [0.1, 0.15) is 0 Å². The van der Waals surface area contributed by atoms with Crippen molar-refractivity contribution in [1.82, 2.24) is 9.21 Å². The minimum atomic E-state index is -3.15. The monoisotopic (exact) mass is 293 g/mol. The molecule has 0 aromatic heterocycles. The molecule has 0 saturated carbocycles. The SMILES string of the molecule is CC(C)(C)CS(=O)(=O)N1CCN(CC(N)=S)CC1. The van der Waals surface area contributed by atoms with Crippen LogP contribution in [-0.2, 0) is 10.0 Å². The average Bonchev–Trinajstić information content (AvgIpc) is 2.13. The highest BCUT2D eigenvalue weighted by atomic mass is 32.2. The zero-order valence-corrected chi connectivity index (χ0v) is 13.0. The summed E-state index contributed by atoms with van der Waals surface area (Å²) in [5, 5.41) is 0. The minimum absolute atomic E-state index is 0.190. The zero-order valence-electron chi connectivity index (χ0n) is 11.3. The van der Waals surface area contributed by atoms with Gasteiger partial charge in [0.25, 0.3) is 0 Å². The number of piperazine rings is 1. The van der Waals surface area contributed by atoms with Gasteiger partial charge in [0.15, 0.2) is 0 Å². The molecule has 0 unspecified atom stereocenters. The zero-order chi connectivity index (χ0) is 14.0. The largest absolute Gasteiger partial charge is 0.392 e. The second kappa shape index (κ2) is 5.81. The molecular formula is C11H23N3O2S2. The van der Waals surface area contributed by atoms with Crippen LogP contribution >= 0.6 is 12.2 Å². The van der Waals surface area contributed by atoms with E-state index in [1.54, 1.807) is 4.31 Å². The number of hydrogen-bond acceptors (Lipinski definition) is 4. The van der Waals surface area contributed by atoms with Crippen molar-refractivity contribution < 1.29 is 8.42 Å². The molecule has 0 spiro atoms. The Morgan fingerprint density at radius 3 is 2.11 bits per heavy atom. The van der Waals surface area contributed by atoms with Crippen molar-refractivity contribution in [3.05, 3.63) is 0 Å². The first-order chi connectivity index (χ1) is 8.10. The average molecular weight is 293 g/mol. The molecule has 18 heavy (non-hydrogen) atoms. The Morgan fingerprint density at radius 2 is 1.72 bits per heavy atom. The van der Waals surface area contributed by atoms with Crippen molar-refractivity contribution in [3.8, 4) is 0 Å². The van der Waals surface area contributed by atoms with Gasteiger partial charge < -0.3 is 5.73 Å². The second-order valence-electron chi connectivity index (χ2n) is 5.96. The Hall–Kier alpha value is -0.240. The molecule has 0 radical (unpaired) electrons. The van der Waals surface area contributed by atoms with Gasteiger partial charge in [-0.05, 0) is 5.41 Å². The lowest BCUT2D eigenvalue weighted by molar-refractivity contribution is 0.208.